The summed E-state index contributed by atoms with van der Waals surface area (Å²) in [5, 5.41) is 11.8. The summed E-state index contributed by atoms with van der Waals surface area (Å²) in [6.07, 6.45) is 5.09. The Morgan fingerprint density at radius 3 is 2.85 bits per heavy atom. The summed E-state index contributed by atoms with van der Waals surface area (Å²) in [6.45, 7) is 1.17. The molecule has 0 radical (unpaired) electrons. The minimum absolute atomic E-state index is 0.528. The van der Waals surface area contributed by atoms with Crippen LogP contribution in [0.3, 0.4) is 0 Å². The molecule has 2 nitrogen and oxygen atoms in total. The molecular weight excluding hydrogens is 160 g/mol. The van der Waals surface area contributed by atoms with Gasteiger partial charge in [0, 0.05) is 6.54 Å². The third-order valence-corrected chi connectivity index (χ3v) is 1.68. The first-order chi connectivity index (χ1) is 6.38. The second kappa shape index (κ2) is 4.98. The highest BCUT2D eigenvalue weighted by Gasteiger charge is 1.98. The quantitative estimate of drug-likeness (QED) is 0.548. The molecule has 1 aromatic carbocycles. The van der Waals surface area contributed by atoms with E-state index in [2.05, 4.69) is 17.3 Å². The molecule has 0 amide bonds. The zero-order valence-electron chi connectivity index (χ0n) is 7.25. The minimum Gasteiger partial charge on any atom is -0.302 e. The molecule has 1 aromatic rings. The lowest BCUT2D eigenvalue weighted by molar-refractivity contribution is 0.768. The molecule has 0 atom stereocenters. The van der Waals surface area contributed by atoms with Crippen molar-refractivity contribution in [3.63, 3.8) is 0 Å². The first-order valence-corrected chi connectivity index (χ1v) is 4.00. The SMILES string of the molecule is C#CCNCc1ccccc1C#N. The molecule has 0 fully saturated rings. The number of benzene rings is 1. The first-order valence-electron chi connectivity index (χ1n) is 4.00. The van der Waals surface area contributed by atoms with Crippen molar-refractivity contribution >= 4 is 0 Å². The number of nitriles is 1. The number of nitrogens with one attached hydrogen (secondary N) is 1. The zero-order valence-corrected chi connectivity index (χ0v) is 7.25. The van der Waals surface area contributed by atoms with Gasteiger partial charge in [0.2, 0.25) is 0 Å². The Balaban J connectivity index is 2.67. The molecule has 64 valence electrons. The maximum atomic E-state index is 8.76. The molecule has 2 heteroatoms. The van der Waals surface area contributed by atoms with Crippen LogP contribution >= 0.6 is 0 Å². The van der Waals surface area contributed by atoms with E-state index in [9.17, 15) is 0 Å². The summed E-state index contributed by atoms with van der Waals surface area (Å²) >= 11 is 0. The standard InChI is InChI=1S/C11H10N2/c1-2-7-13-9-11-6-4-3-5-10(11)8-12/h1,3-6,13H,7,9H2. The van der Waals surface area contributed by atoms with Gasteiger partial charge in [-0.25, -0.2) is 0 Å². The van der Waals surface area contributed by atoms with E-state index in [0.717, 1.165) is 5.56 Å². The third kappa shape index (κ3) is 2.63. The van der Waals surface area contributed by atoms with Gasteiger partial charge >= 0.3 is 0 Å². The lowest BCUT2D eigenvalue weighted by Crippen LogP contribution is -2.13. The highest BCUT2D eigenvalue weighted by atomic mass is 14.8. The van der Waals surface area contributed by atoms with E-state index in [1.54, 1.807) is 6.07 Å². The van der Waals surface area contributed by atoms with Crippen molar-refractivity contribution < 1.29 is 0 Å². The van der Waals surface area contributed by atoms with E-state index >= 15 is 0 Å². The molecule has 0 saturated heterocycles. The van der Waals surface area contributed by atoms with Gasteiger partial charge in [-0.05, 0) is 11.6 Å². The summed E-state index contributed by atoms with van der Waals surface area (Å²) in [4.78, 5) is 0. The second-order valence-electron chi connectivity index (χ2n) is 2.58. The maximum Gasteiger partial charge on any atom is 0.0995 e. The van der Waals surface area contributed by atoms with Crippen LogP contribution in [0.2, 0.25) is 0 Å². The van der Waals surface area contributed by atoms with Crippen molar-refractivity contribution in [3.8, 4) is 18.4 Å². The lowest BCUT2D eigenvalue weighted by Gasteiger charge is -2.02. The number of hydrogen-bond acceptors (Lipinski definition) is 2. The fourth-order valence-electron chi connectivity index (χ4n) is 1.05. The van der Waals surface area contributed by atoms with E-state index in [1.807, 2.05) is 18.2 Å². The number of rotatable bonds is 3. The summed E-state index contributed by atoms with van der Waals surface area (Å²) in [6, 6.07) is 9.61. The Morgan fingerprint density at radius 2 is 2.15 bits per heavy atom. The highest BCUT2D eigenvalue weighted by molar-refractivity contribution is 5.37. The Bertz CT molecular complexity index is 355. The highest BCUT2D eigenvalue weighted by Crippen LogP contribution is 2.05. The number of nitrogens with zero attached hydrogens (tertiary/aromatic N) is 1. The maximum absolute atomic E-state index is 8.76. The van der Waals surface area contributed by atoms with Gasteiger partial charge in [-0.3, -0.25) is 0 Å². The van der Waals surface area contributed by atoms with Gasteiger partial charge in [-0.2, -0.15) is 5.26 Å². The minimum atomic E-state index is 0.528. The predicted molar refractivity (Wildman–Crippen MR) is 51.7 cm³/mol. The van der Waals surface area contributed by atoms with Crippen LogP contribution in [-0.2, 0) is 6.54 Å². The zero-order chi connectivity index (χ0) is 9.52. The molecule has 0 aliphatic carbocycles. The van der Waals surface area contributed by atoms with E-state index in [0.29, 0.717) is 18.7 Å². The summed E-state index contributed by atoms with van der Waals surface area (Å²) in [5.74, 6) is 2.48. The van der Waals surface area contributed by atoms with Gasteiger partial charge in [0.1, 0.15) is 0 Å². The average Bonchev–Trinajstić information content (AvgIpc) is 2.19. The summed E-state index contributed by atoms with van der Waals surface area (Å²) < 4.78 is 0. The molecule has 0 aromatic heterocycles. The van der Waals surface area contributed by atoms with Crippen LogP contribution in [-0.4, -0.2) is 6.54 Å². The van der Waals surface area contributed by atoms with Gasteiger partial charge in [0.15, 0.2) is 0 Å². The van der Waals surface area contributed by atoms with Gasteiger partial charge in [0.05, 0.1) is 18.2 Å². The van der Waals surface area contributed by atoms with E-state index in [1.165, 1.54) is 0 Å². The van der Waals surface area contributed by atoms with Gasteiger partial charge < -0.3 is 5.32 Å². The van der Waals surface area contributed by atoms with Gasteiger partial charge in [0.25, 0.3) is 0 Å². The van der Waals surface area contributed by atoms with Crippen LogP contribution in [0.25, 0.3) is 0 Å². The molecule has 0 unspecified atom stereocenters. The molecule has 1 N–H and O–H groups in total. The van der Waals surface area contributed by atoms with Crippen molar-refractivity contribution in [2.75, 3.05) is 6.54 Å². The number of hydrogen-bond donors (Lipinski definition) is 1. The Kier molecular flexibility index (Phi) is 3.57. The third-order valence-electron chi connectivity index (χ3n) is 1.68. The molecular formula is C11H10N2. The Labute approximate surface area is 78.2 Å². The fraction of sp³-hybridized carbons (Fsp3) is 0.182. The van der Waals surface area contributed by atoms with Crippen molar-refractivity contribution in [3.05, 3.63) is 35.4 Å². The van der Waals surface area contributed by atoms with Gasteiger partial charge in [-0.1, -0.05) is 24.1 Å². The molecule has 13 heavy (non-hydrogen) atoms. The summed E-state index contributed by atoms with van der Waals surface area (Å²) in [7, 11) is 0. The Morgan fingerprint density at radius 1 is 1.38 bits per heavy atom. The predicted octanol–water partition coefficient (Wildman–Crippen LogP) is 1.28. The van der Waals surface area contributed by atoms with Crippen molar-refractivity contribution in [2.24, 2.45) is 0 Å². The molecule has 0 saturated carbocycles. The average molecular weight is 170 g/mol. The van der Waals surface area contributed by atoms with Gasteiger partial charge in [-0.15, -0.1) is 6.42 Å². The number of terminal acetylenes is 1. The van der Waals surface area contributed by atoms with Crippen LogP contribution in [0.1, 0.15) is 11.1 Å². The Hall–Kier alpha value is -1.77. The van der Waals surface area contributed by atoms with E-state index in [4.69, 9.17) is 11.7 Å². The van der Waals surface area contributed by atoms with Crippen molar-refractivity contribution in [1.82, 2.24) is 5.32 Å². The molecule has 0 bridgehead atoms. The lowest BCUT2D eigenvalue weighted by atomic mass is 10.1. The van der Waals surface area contributed by atoms with Crippen LogP contribution in [0, 0.1) is 23.7 Å². The van der Waals surface area contributed by atoms with Crippen LogP contribution < -0.4 is 5.32 Å². The normalized spacial score (nSPS) is 8.77. The van der Waals surface area contributed by atoms with Crippen LogP contribution in [0.4, 0.5) is 0 Å². The van der Waals surface area contributed by atoms with Crippen LogP contribution in [0.5, 0.6) is 0 Å². The van der Waals surface area contributed by atoms with E-state index < -0.39 is 0 Å². The molecule has 0 spiro atoms. The molecule has 0 aliphatic rings. The first kappa shape index (κ1) is 9.32. The smallest absolute Gasteiger partial charge is 0.0995 e. The topological polar surface area (TPSA) is 35.8 Å². The van der Waals surface area contributed by atoms with E-state index in [-0.39, 0.29) is 0 Å². The molecule has 0 aliphatic heterocycles. The van der Waals surface area contributed by atoms with Crippen LogP contribution in [0.15, 0.2) is 24.3 Å². The largest absolute Gasteiger partial charge is 0.302 e. The van der Waals surface area contributed by atoms with Crippen molar-refractivity contribution in [1.29, 1.82) is 5.26 Å². The second-order valence-corrected chi connectivity index (χ2v) is 2.58. The molecule has 0 heterocycles. The summed E-state index contributed by atoms with van der Waals surface area (Å²) in [5.41, 5.74) is 1.69. The molecule has 1 rings (SSSR count). The monoisotopic (exact) mass is 170 g/mol. The fourth-order valence-corrected chi connectivity index (χ4v) is 1.05. The van der Waals surface area contributed by atoms with Crippen molar-refractivity contribution in [2.45, 2.75) is 6.54 Å².